The van der Waals surface area contributed by atoms with Gasteiger partial charge in [-0.2, -0.15) is 13.2 Å². The average Bonchev–Trinajstić information content (AvgIpc) is 3.46. The van der Waals surface area contributed by atoms with E-state index in [1.807, 2.05) is 13.8 Å². The molecule has 0 aliphatic carbocycles. The number of hydrogen-bond acceptors (Lipinski definition) is 6. The first-order chi connectivity index (χ1) is 15.5. The number of amides is 1. The maximum Gasteiger partial charge on any atom is 0.435 e. The highest BCUT2D eigenvalue weighted by molar-refractivity contribution is 5.96. The first-order valence-corrected chi connectivity index (χ1v) is 10.8. The van der Waals surface area contributed by atoms with Crippen molar-refractivity contribution in [3.8, 4) is 0 Å². The minimum Gasteiger partial charge on any atom is -0.391 e. The third-order valence-corrected chi connectivity index (χ3v) is 6.28. The molecule has 10 heteroatoms. The molecule has 1 aromatic carbocycles. The average molecular weight is 465 g/mol. The summed E-state index contributed by atoms with van der Waals surface area (Å²) in [5.74, 6) is -0.826. The lowest BCUT2D eigenvalue weighted by Gasteiger charge is -2.31. The van der Waals surface area contributed by atoms with E-state index in [9.17, 15) is 23.1 Å². The van der Waals surface area contributed by atoms with Crippen LogP contribution in [0, 0.1) is 12.8 Å². The zero-order valence-corrected chi connectivity index (χ0v) is 18.5. The molecule has 1 aromatic heterocycles. The SMILES string of the molecule is Cc1cc([C@@H](C(=O)N2C[C@H](O)C[C@H]2C2=NOC(c3ccccc3)(C(F)(F)F)C2)C(C)C)on1. The van der Waals surface area contributed by atoms with Crippen LogP contribution in [0.1, 0.15) is 49.6 Å². The number of carbonyl (C=O) groups is 1. The maximum atomic E-state index is 14.2. The molecule has 1 amide bonds. The van der Waals surface area contributed by atoms with Crippen molar-refractivity contribution in [3.63, 3.8) is 0 Å². The standard InChI is InChI=1S/C23H26F3N3O4/c1-13(2)20(19-9-14(3)27-32-19)21(31)29-12-16(30)10-18(29)17-11-22(33-28-17,23(24,25)26)15-7-5-4-6-8-15/h4-9,13,16,18,20,30H,10-12H2,1-3H3/t16-,18+,20+,22?/m1/s1. The molecule has 178 valence electrons. The van der Waals surface area contributed by atoms with Crippen LogP contribution in [0.4, 0.5) is 13.2 Å². The highest BCUT2D eigenvalue weighted by atomic mass is 19.4. The zero-order valence-electron chi connectivity index (χ0n) is 18.5. The van der Waals surface area contributed by atoms with Crippen LogP contribution in [0.2, 0.25) is 0 Å². The van der Waals surface area contributed by atoms with Gasteiger partial charge in [-0.25, -0.2) is 0 Å². The molecule has 0 radical (unpaired) electrons. The summed E-state index contributed by atoms with van der Waals surface area (Å²) in [4.78, 5) is 20.0. The maximum absolute atomic E-state index is 14.2. The van der Waals surface area contributed by atoms with Gasteiger partial charge in [0.15, 0.2) is 0 Å². The minimum absolute atomic E-state index is 0.0107. The highest BCUT2D eigenvalue weighted by Crippen LogP contribution is 2.49. The molecule has 7 nitrogen and oxygen atoms in total. The van der Waals surface area contributed by atoms with Crippen LogP contribution < -0.4 is 0 Å². The summed E-state index contributed by atoms with van der Waals surface area (Å²) in [6.45, 7) is 5.43. The molecule has 0 saturated carbocycles. The number of benzene rings is 1. The minimum atomic E-state index is -4.73. The van der Waals surface area contributed by atoms with Crippen molar-refractivity contribution >= 4 is 11.6 Å². The van der Waals surface area contributed by atoms with Crippen LogP contribution in [0.15, 0.2) is 46.1 Å². The van der Waals surface area contributed by atoms with E-state index >= 15 is 0 Å². The molecular formula is C23H26F3N3O4. The normalized spacial score (nSPS) is 26.4. The molecule has 4 atom stereocenters. The van der Waals surface area contributed by atoms with E-state index in [0.717, 1.165) is 0 Å². The van der Waals surface area contributed by atoms with Crippen molar-refractivity contribution in [2.75, 3.05) is 6.54 Å². The topological polar surface area (TPSA) is 88.2 Å². The Bertz CT molecular complexity index is 1040. The van der Waals surface area contributed by atoms with Crippen molar-refractivity contribution in [1.29, 1.82) is 0 Å². The molecule has 2 aromatic rings. The van der Waals surface area contributed by atoms with Gasteiger partial charge in [0.1, 0.15) is 11.7 Å². The van der Waals surface area contributed by atoms with Crippen LogP contribution in [0.25, 0.3) is 0 Å². The molecule has 4 rings (SSSR count). The van der Waals surface area contributed by atoms with E-state index in [1.165, 1.54) is 29.2 Å². The molecule has 3 heterocycles. The highest BCUT2D eigenvalue weighted by Gasteiger charge is 2.63. The van der Waals surface area contributed by atoms with Gasteiger partial charge in [0.25, 0.3) is 5.60 Å². The van der Waals surface area contributed by atoms with Crippen molar-refractivity contribution in [1.82, 2.24) is 10.1 Å². The van der Waals surface area contributed by atoms with E-state index in [-0.39, 0.29) is 36.1 Å². The molecule has 0 bridgehead atoms. The molecule has 1 unspecified atom stereocenters. The Labute approximate surface area is 189 Å². The second-order valence-electron chi connectivity index (χ2n) is 9.03. The molecule has 1 fully saturated rings. The predicted octanol–water partition coefficient (Wildman–Crippen LogP) is 3.92. The number of halogens is 3. The Kier molecular flexibility index (Phi) is 5.98. The number of hydrogen-bond donors (Lipinski definition) is 1. The van der Waals surface area contributed by atoms with Crippen molar-refractivity contribution in [3.05, 3.63) is 53.4 Å². The Morgan fingerprint density at radius 1 is 1.27 bits per heavy atom. The number of carbonyl (C=O) groups excluding carboxylic acids is 1. The summed E-state index contributed by atoms with van der Waals surface area (Å²) in [5.41, 5.74) is -2.00. The molecule has 1 saturated heterocycles. The summed E-state index contributed by atoms with van der Waals surface area (Å²) in [6, 6.07) is 8.18. The Morgan fingerprint density at radius 3 is 2.55 bits per heavy atom. The van der Waals surface area contributed by atoms with Gasteiger partial charge in [-0.1, -0.05) is 54.5 Å². The number of oxime groups is 1. The lowest BCUT2D eigenvalue weighted by atomic mass is 9.85. The first kappa shape index (κ1) is 23.3. The third kappa shape index (κ3) is 4.12. The lowest BCUT2D eigenvalue weighted by molar-refractivity contribution is -0.275. The Hall–Kier alpha value is -2.88. The summed E-state index contributed by atoms with van der Waals surface area (Å²) in [5, 5.41) is 18.0. The predicted molar refractivity (Wildman–Crippen MR) is 112 cm³/mol. The van der Waals surface area contributed by atoms with Crippen LogP contribution >= 0.6 is 0 Å². The quantitative estimate of drug-likeness (QED) is 0.723. The molecular weight excluding hydrogens is 439 g/mol. The summed E-state index contributed by atoms with van der Waals surface area (Å²) in [6.07, 6.45) is -6.10. The molecule has 2 aliphatic heterocycles. The molecule has 33 heavy (non-hydrogen) atoms. The number of aliphatic hydroxyl groups is 1. The number of rotatable bonds is 5. The Balaban J connectivity index is 1.64. The summed E-state index contributed by atoms with van der Waals surface area (Å²) in [7, 11) is 0. The van der Waals surface area contributed by atoms with Crippen LogP contribution in [-0.4, -0.2) is 51.6 Å². The Morgan fingerprint density at radius 2 is 1.97 bits per heavy atom. The van der Waals surface area contributed by atoms with Crippen molar-refractivity contribution < 1.29 is 32.4 Å². The molecule has 2 aliphatic rings. The fourth-order valence-electron chi connectivity index (χ4n) is 4.63. The number of aliphatic hydroxyl groups excluding tert-OH is 1. The van der Waals surface area contributed by atoms with Crippen molar-refractivity contribution in [2.24, 2.45) is 11.1 Å². The number of aryl methyl sites for hydroxylation is 1. The van der Waals surface area contributed by atoms with Crippen LogP contribution in [0.3, 0.4) is 0 Å². The van der Waals surface area contributed by atoms with Gasteiger partial charge in [0, 0.05) is 31.0 Å². The van der Waals surface area contributed by atoms with Gasteiger partial charge in [0.05, 0.1) is 23.6 Å². The lowest BCUT2D eigenvalue weighted by Crippen LogP contribution is -2.47. The second-order valence-corrected chi connectivity index (χ2v) is 9.03. The van der Waals surface area contributed by atoms with Gasteiger partial charge in [-0.15, -0.1) is 0 Å². The smallest absolute Gasteiger partial charge is 0.391 e. The fraction of sp³-hybridized carbons (Fsp3) is 0.522. The number of alkyl halides is 3. The van der Waals surface area contributed by atoms with Crippen LogP contribution in [0.5, 0.6) is 0 Å². The van der Waals surface area contributed by atoms with Gasteiger partial charge >= 0.3 is 6.18 Å². The molecule has 0 spiro atoms. The monoisotopic (exact) mass is 465 g/mol. The second kappa shape index (κ2) is 8.48. The zero-order chi connectivity index (χ0) is 24.0. The van der Waals surface area contributed by atoms with Gasteiger partial charge in [0.2, 0.25) is 5.91 Å². The molecule has 1 N–H and O–H groups in total. The van der Waals surface area contributed by atoms with Gasteiger partial charge in [-0.05, 0) is 12.8 Å². The largest absolute Gasteiger partial charge is 0.435 e. The number of aromatic nitrogens is 1. The first-order valence-electron chi connectivity index (χ1n) is 10.8. The summed E-state index contributed by atoms with van der Waals surface area (Å²) < 4.78 is 47.9. The third-order valence-electron chi connectivity index (χ3n) is 6.28. The van der Waals surface area contributed by atoms with Crippen LogP contribution in [-0.2, 0) is 15.2 Å². The summed E-state index contributed by atoms with van der Waals surface area (Å²) >= 11 is 0. The van der Waals surface area contributed by atoms with E-state index < -0.39 is 36.3 Å². The van der Waals surface area contributed by atoms with E-state index in [2.05, 4.69) is 10.3 Å². The number of β-amino-alcohol motifs (C(OH)–C–C–N with tert-alkyl or cyclic N) is 1. The van der Waals surface area contributed by atoms with Gasteiger partial charge in [-0.3, -0.25) is 4.79 Å². The van der Waals surface area contributed by atoms with Crippen molar-refractivity contribution in [2.45, 2.75) is 63.5 Å². The van der Waals surface area contributed by atoms with E-state index in [1.54, 1.807) is 19.1 Å². The van der Waals surface area contributed by atoms with E-state index in [0.29, 0.717) is 11.5 Å². The van der Waals surface area contributed by atoms with Gasteiger partial charge < -0.3 is 19.4 Å². The number of nitrogens with zero attached hydrogens (tertiary/aromatic N) is 3. The van der Waals surface area contributed by atoms with E-state index in [4.69, 9.17) is 9.36 Å². The number of likely N-dealkylation sites (tertiary alicyclic amines) is 1. The fourth-order valence-corrected chi connectivity index (χ4v) is 4.63.